The first-order valence-electron chi connectivity index (χ1n) is 9.32. The van der Waals surface area contributed by atoms with E-state index in [1.54, 1.807) is 12.4 Å². The molecule has 2 fully saturated rings. The van der Waals surface area contributed by atoms with Gasteiger partial charge in [-0.1, -0.05) is 12.1 Å². The standard InChI is InChI=1S/C20H24N4O3/c25-20(16-13-17(15-21-14-16)23-5-9-26-10-6-23)22-18-3-1-2-4-19(18)24-7-11-27-12-8-24/h1-4,13-15H,5-12H2,(H,22,25). The van der Waals surface area contributed by atoms with Gasteiger partial charge in [-0.25, -0.2) is 0 Å². The molecule has 2 aliphatic rings. The zero-order valence-electron chi connectivity index (χ0n) is 15.3. The van der Waals surface area contributed by atoms with E-state index in [9.17, 15) is 4.79 Å². The van der Waals surface area contributed by atoms with Crippen molar-refractivity contribution in [3.05, 3.63) is 48.3 Å². The molecule has 0 saturated carbocycles. The quantitative estimate of drug-likeness (QED) is 0.891. The van der Waals surface area contributed by atoms with Crippen LogP contribution in [0.1, 0.15) is 10.4 Å². The molecule has 0 unspecified atom stereocenters. The zero-order valence-corrected chi connectivity index (χ0v) is 15.3. The summed E-state index contributed by atoms with van der Waals surface area (Å²) in [5.41, 5.74) is 3.33. The van der Waals surface area contributed by atoms with Crippen LogP contribution in [0, 0.1) is 0 Å². The Morgan fingerprint density at radius 2 is 1.59 bits per heavy atom. The first-order chi connectivity index (χ1) is 13.3. The first kappa shape index (κ1) is 17.8. The minimum Gasteiger partial charge on any atom is -0.378 e. The molecule has 1 aromatic carbocycles. The van der Waals surface area contributed by atoms with E-state index in [-0.39, 0.29) is 5.91 Å². The topological polar surface area (TPSA) is 66.9 Å². The van der Waals surface area contributed by atoms with Crippen molar-refractivity contribution in [3.63, 3.8) is 0 Å². The van der Waals surface area contributed by atoms with Gasteiger partial charge in [-0.15, -0.1) is 0 Å². The maximum absolute atomic E-state index is 12.8. The summed E-state index contributed by atoms with van der Waals surface area (Å²) in [6.45, 7) is 6.06. The van der Waals surface area contributed by atoms with Crippen molar-refractivity contribution in [1.82, 2.24) is 4.98 Å². The highest BCUT2D eigenvalue weighted by Crippen LogP contribution is 2.27. The van der Waals surface area contributed by atoms with Gasteiger partial charge in [0.1, 0.15) is 0 Å². The van der Waals surface area contributed by atoms with Crippen LogP contribution in [0.15, 0.2) is 42.7 Å². The molecular weight excluding hydrogens is 344 g/mol. The lowest BCUT2D eigenvalue weighted by Crippen LogP contribution is -2.37. The van der Waals surface area contributed by atoms with Gasteiger partial charge in [0.2, 0.25) is 0 Å². The number of carbonyl (C=O) groups is 1. The summed E-state index contributed by atoms with van der Waals surface area (Å²) in [6.07, 6.45) is 3.40. The van der Waals surface area contributed by atoms with E-state index >= 15 is 0 Å². The number of ether oxygens (including phenoxy) is 2. The molecule has 0 atom stereocenters. The Bertz CT molecular complexity index is 786. The van der Waals surface area contributed by atoms with Gasteiger partial charge in [-0.3, -0.25) is 9.78 Å². The molecule has 0 spiro atoms. The summed E-state index contributed by atoms with van der Waals surface area (Å²) < 4.78 is 10.8. The number of benzene rings is 1. The molecule has 0 bridgehead atoms. The molecule has 1 amide bonds. The van der Waals surface area contributed by atoms with E-state index in [0.717, 1.165) is 43.2 Å². The third-order valence-electron chi connectivity index (χ3n) is 4.87. The average molecular weight is 368 g/mol. The highest BCUT2D eigenvalue weighted by molar-refractivity contribution is 6.06. The summed E-state index contributed by atoms with van der Waals surface area (Å²) in [4.78, 5) is 21.5. The molecular formula is C20H24N4O3. The van der Waals surface area contributed by atoms with Crippen molar-refractivity contribution in [1.29, 1.82) is 0 Å². The van der Waals surface area contributed by atoms with Crippen molar-refractivity contribution < 1.29 is 14.3 Å². The van der Waals surface area contributed by atoms with Crippen molar-refractivity contribution >= 4 is 23.0 Å². The fourth-order valence-electron chi connectivity index (χ4n) is 3.40. The first-order valence-corrected chi connectivity index (χ1v) is 9.32. The van der Waals surface area contributed by atoms with E-state index in [1.165, 1.54) is 0 Å². The van der Waals surface area contributed by atoms with Crippen LogP contribution in [-0.2, 0) is 9.47 Å². The van der Waals surface area contributed by atoms with Crippen molar-refractivity contribution in [2.75, 3.05) is 67.7 Å². The Hall–Kier alpha value is -2.64. The van der Waals surface area contributed by atoms with E-state index < -0.39 is 0 Å². The molecule has 1 aromatic heterocycles. The molecule has 2 aromatic rings. The van der Waals surface area contributed by atoms with Crippen LogP contribution in [0.25, 0.3) is 0 Å². The van der Waals surface area contributed by atoms with E-state index in [1.807, 2.05) is 30.3 Å². The van der Waals surface area contributed by atoms with Crippen molar-refractivity contribution in [2.24, 2.45) is 0 Å². The van der Waals surface area contributed by atoms with Gasteiger partial charge in [-0.05, 0) is 18.2 Å². The third-order valence-corrected chi connectivity index (χ3v) is 4.87. The zero-order chi connectivity index (χ0) is 18.5. The minimum absolute atomic E-state index is 0.154. The smallest absolute Gasteiger partial charge is 0.257 e. The van der Waals surface area contributed by atoms with Crippen LogP contribution >= 0.6 is 0 Å². The molecule has 7 heteroatoms. The van der Waals surface area contributed by atoms with Gasteiger partial charge in [0.15, 0.2) is 0 Å². The minimum atomic E-state index is -0.154. The number of hydrogen-bond donors (Lipinski definition) is 1. The number of hydrogen-bond acceptors (Lipinski definition) is 6. The number of para-hydroxylation sites is 2. The monoisotopic (exact) mass is 368 g/mol. The number of amides is 1. The van der Waals surface area contributed by atoms with Crippen molar-refractivity contribution in [3.8, 4) is 0 Å². The second-order valence-corrected chi connectivity index (χ2v) is 6.60. The number of aromatic nitrogens is 1. The van der Waals surface area contributed by atoms with E-state index in [2.05, 4.69) is 20.1 Å². The molecule has 0 radical (unpaired) electrons. The second-order valence-electron chi connectivity index (χ2n) is 6.60. The van der Waals surface area contributed by atoms with Gasteiger partial charge < -0.3 is 24.6 Å². The Balaban J connectivity index is 1.51. The number of pyridine rings is 1. The van der Waals surface area contributed by atoms with Crippen LogP contribution in [0.5, 0.6) is 0 Å². The molecule has 27 heavy (non-hydrogen) atoms. The predicted octanol–water partition coefficient (Wildman–Crippen LogP) is 2.01. The molecule has 2 saturated heterocycles. The van der Waals surface area contributed by atoms with Crippen LogP contribution in [0.3, 0.4) is 0 Å². The van der Waals surface area contributed by atoms with Crippen LogP contribution in [-0.4, -0.2) is 63.5 Å². The summed E-state index contributed by atoms with van der Waals surface area (Å²) >= 11 is 0. The summed E-state index contributed by atoms with van der Waals surface area (Å²) in [6, 6.07) is 9.78. The summed E-state index contributed by atoms with van der Waals surface area (Å²) in [7, 11) is 0. The Labute approximate surface area is 158 Å². The third kappa shape index (κ3) is 4.20. The normalized spacial score (nSPS) is 17.6. The molecule has 7 nitrogen and oxygen atoms in total. The number of nitrogens with one attached hydrogen (secondary N) is 1. The van der Waals surface area contributed by atoms with Crippen molar-refractivity contribution in [2.45, 2.75) is 0 Å². The fraction of sp³-hybridized carbons (Fsp3) is 0.400. The SMILES string of the molecule is O=C(Nc1ccccc1N1CCOCC1)c1cncc(N2CCOCC2)c1. The maximum Gasteiger partial charge on any atom is 0.257 e. The van der Waals surface area contributed by atoms with Gasteiger partial charge in [0.05, 0.1) is 55.2 Å². The van der Waals surface area contributed by atoms with Crippen LogP contribution in [0.2, 0.25) is 0 Å². The fourth-order valence-corrected chi connectivity index (χ4v) is 3.40. The molecule has 4 rings (SSSR count). The van der Waals surface area contributed by atoms with Gasteiger partial charge >= 0.3 is 0 Å². The number of anilines is 3. The molecule has 0 aliphatic carbocycles. The number of morpholine rings is 2. The highest BCUT2D eigenvalue weighted by atomic mass is 16.5. The molecule has 3 heterocycles. The maximum atomic E-state index is 12.8. The number of carbonyl (C=O) groups excluding carboxylic acids is 1. The van der Waals surface area contributed by atoms with Gasteiger partial charge in [0, 0.05) is 32.4 Å². The largest absolute Gasteiger partial charge is 0.378 e. The average Bonchev–Trinajstić information content (AvgIpc) is 2.75. The van der Waals surface area contributed by atoms with E-state index in [0.29, 0.717) is 32.0 Å². The van der Waals surface area contributed by atoms with E-state index in [4.69, 9.17) is 9.47 Å². The highest BCUT2D eigenvalue weighted by Gasteiger charge is 2.18. The number of nitrogens with zero attached hydrogens (tertiary/aromatic N) is 3. The van der Waals surface area contributed by atoms with Crippen LogP contribution in [0.4, 0.5) is 17.1 Å². The molecule has 142 valence electrons. The Morgan fingerprint density at radius 1 is 0.926 bits per heavy atom. The molecule has 2 aliphatic heterocycles. The summed E-state index contributed by atoms with van der Waals surface area (Å²) in [5, 5.41) is 3.05. The Kier molecular flexibility index (Phi) is 5.50. The van der Waals surface area contributed by atoms with Crippen LogP contribution < -0.4 is 15.1 Å². The molecule has 1 N–H and O–H groups in total. The summed E-state index contributed by atoms with van der Waals surface area (Å²) in [5.74, 6) is -0.154. The lowest BCUT2D eigenvalue weighted by atomic mass is 10.2. The van der Waals surface area contributed by atoms with Gasteiger partial charge in [0.25, 0.3) is 5.91 Å². The second kappa shape index (κ2) is 8.37. The van der Waals surface area contributed by atoms with Gasteiger partial charge in [-0.2, -0.15) is 0 Å². The Morgan fingerprint density at radius 3 is 2.33 bits per heavy atom. The number of rotatable bonds is 4. The lowest BCUT2D eigenvalue weighted by molar-refractivity contribution is 0.102. The lowest BCUT2D eigenvalue weighted by Gasteiger charge is -2.30. The predicted molar refractivity (Wildman–Crippen MR) is 105 cm³/mol.